The number of alkyl halides is 6. The van der Waals surface area contributed by atoms with Crippen molar-refractivity contribution < 1.29 is 46.1 Å². The first-order valence-electron chi connectivity index (χ1n) is 21.7. The van der Waals surface area contributed by atoms with E-state index in [0.717, 1.165) is 12.1 Å². The van der Waals surface area contributed by atoms with E-state index in [4.69, 9.17) is 0 Å². The maximum Gasteiger partial charge on any atom is 0.420 e. The normalized spacial score (nSPS) is 10.7. The highest BCUT2D eigenvalue weighted by Crippen LogP contribution is 2.51. The van der Waals surface area contributed by atoms with E-state index in [1.807, 2.05) is 24.3 Å². The summed E-state index contributed by atoms with van der Waals surface area (Å²) >= 11 is 0. The van der Waals surface area contributed by atoms with Gasteiger partial charge in [-0.3, -0.25) is 9.59 Å². The van der Waals surface area contributed by atoms with Gasteiger partial charge in [-0.2, -0.15) is 26.3 Å². The van der Waals surface area contributed by atoms with E-state index in [-0.39, 0.29) is 11.1 Å². The number of nitrogens with one attached hydrogen (secondary N) is 2. The SMILES string of the molecule is O=C(Nc1ccc(-c2ccc(NC(=O)c3cc(C#Cc4ccccc4)cc(C#Cc4ccccc4)c3)c(O)c2C(F)(F)F)c(C(F)(F)F)c1O)c1cc(C#Cc2ccccc2)cc(C#Cc2ccccc2)c1. The van der Waals surface area contributed by atoms with Gasteiger partial charge in [-0.15, -0.1) is 0 Å². The van der Waals surface area contributed by atoms with Crippen molar-refractivity contribution in [1.29, 1.82) is 0 Å². The van der Waals surface area contributed by atoms with Crippen LogP contribution in [0, 0.1) is 47.4 Å². The number of halogens is 6. The number of carbonyl (C=O) groups is 2. The Morgan fingerprint density at radius 2 is 0.597 bits per heavy atom. The van der Waals surface area contributed by atoms with Gasteiger partial charge in [0.2, 0.25) is 0 Å². The summed E-state index contributed by atoms with van der Waals surface area (Å²) in [5.74, 6) is 18.5. The first kappa shape index (κ1) is 48.6. The monoisotopic (exact) mass is 960 g/mol. The minimum Gasteiger partial charge on any atom is -0.505 e. The highest BCUT2D eigenvalue weighted by molar-refractivity contribution is 6.07. The molecule has 0 atom stereocenters. The molecule has 72 heavy (non-hydrogen) atoms. The number of aromatic hydroxyl groups is 2. The molecule has 2 amide bonds. The van der Waals surface area contributed by atoms with Crippen LogP contribution in [0.2, 0.25) is 0 Å². The molecule has 0 aliphatic heterocycles. The fraction of sp³-hybridized carbons (Fsp3) is 0.0333. The molecule has 8 rings (SSSR count). The summed E-state index contributed by atoms with van der Waals surface area (Å²) in [4.78, 5) is 27.6. The van der Waals surface area contributed by atoms with Gasteiger partial charge in [-0.1, -0.05) is 132 Å². The van der Waals surface area contributed by atoms with Crippen LogP contribution in [0.5, 0.6) is 11.5 Å². The molecule has 8 aromatic carbocycles. The summed E-state index contributed by atoms with van der Waals surface area (Å²) in [6.07, 6.45) is -11.0. The average Bonchev–Trinajstić information content (AvgIpc) is 3.37. The maximum atomic E-state index is 15.0. The number of anilines is 2. The molecule has 0 saturated heterocycles. The van der Waals surface area contributed by atoms with Crippen molar-refractivity contribution in [3.63, 3.8) is 0 Å². The van der Waals surface area contributed by atoms with Crippen molar-refractivity contribution in [1.82, 2.24) is 0 Å². The lowest BCUT2D eigenvalue weighted by Gasteiger charge is -2.22. The summed E-state index contributed by atoms with van der Waals surface area (Å²) in [5, 5.41) is 26.9. The second-order valence-electron chi connectivity index (χ2n) is 15.7. The number of benzene rings is 8. The number of hydrogen-bond acceptors (Lipinski definition) is 4. The van der Waals surface area contributed by atoms with Crippen molar-refractivity contribution in [2.75, 3.05) is 10.6 Å². The molecular weight excluding hydrogens is 927 g/mol. The summed E-state index contributed by atoms with van der Waals surface area (Å²) in [7, 11) is 0. The van der Waals surface area contributed by atoms with E-state index in [1.54, 1.807) is 109 Å². The Kier molecular flexibility index (Phi) is 14.3. The van der Waals surface area contributed by atoms with Crippen molar-refractivity contribution in [2.24, 2.45) is 0 Å². The van der Waals surface area contributed by atoms with E-state index in [1.165, 1.54) is 24.3 Å². The Morgan fingerprint density at radius 3 is 0.847 bits per heavy atom. The quantitative estimate of drug-likeness (QED) is 0.0785. The maximum absolute atomic E-state index is 15.0. The van der Waals surface area contributed by atoms with Crippen LogP contribution in [0.25, 0.3) is 11.1 Å². The molecule has 4 N–H and O–H groups in total. The molecule has 0 saturated carbocycles. The van der Waals surface area contributed by atoms with Crippen LogP contribution in [0.15, 0.2) is 182 Å². The number of phenols is 2. The smallest absolute Gasteiger partial charge is 0.420 e. The van der Waals surface area contributed by atoms with E-state index in [9.17, 15) is 19.8 Å². The third-order valence-corrected chi connectivity index (χ3v) is 10.6. The van der Waals surface area contributed by atoms with E-state index in [2.05, 4.69) is 58.0 Å². The zero-order valence-corrected chi connectivity index (χ0v) is 37.3. The third-order valence-electron chi connectivity index (χ3n) is 10.6. The van der Waals surface area contributed by atoms with Gasteiger partial charge < -0.3 is 20.8 Å². The minimum absolute atomic E-state index is 0.116. The second-order valence-corrected chi connectivity index (χ2v) is 15.7. The minimum atomic E-state index is -5.52. The molecule has 0 radical (unpaired) electrons. The van der Waals surface area contributed by atoms with E-state index < -0.39 is 69.3 Å². The van der Waals surface area contributed by atoms with Crippen LogP contribution in [0.4, 0.5) is 37.7 Å². The fourth-order valence-electron chi connectivity index (χ4n) is 7.27. The highest BCUT2D eigenvalue weighted by atomic mass is 19.4. The molecule has 12 heteroatoms. The number of hydrogen-bond donors (Lipinski definition) is 4. The molecule has 6 nitrogen and oxygen atoms in total. The van der Waals surface area contributed by atoms with Gasteiger partial charge in [0.25, 0.3) is 11.8 Å². The van der Waals surface area contributed by atoms with Crippen molar-refractivity contribution in [2.45, 2.75) is 12.4 Å². The Balaban J connectivity index is 1.13. The third kappa shape index (κ3) is 12.0. The van der Waals surface area contributed by atoms with Gasteiger partial charge in [-0.25, -0.2) is 0 Å². The molecule has 0 bridgehead atoms. The molecule has 350 valence electrons. The van der Waals surface area contributed by atoms with Gasteiger partial charge in [0.1, 0.15) is 11.1 Å². The Labute approximate surface area is 409 Å². The Bertz CT molecular complexity index is 3230. The Hall–Kier alpha value is -9.88. The topological polar surface area (TPSA) is 98.7 Å². The predicted molar refractivity (Wildman–Crippen MR) is 264 cm³/mol. The molecule has 0 aromatic heterocycles. The van der Waals surface area contributed by atoms with Crippen LogP contribution in [-0.4, -0.2) is 22.0 Å². The van der Waals surface area contributed by atoms with Crippen molar-refractivity contribution >= 4 is 23.2 Å². The zero-order chi connectivity index (χ0) is 50.8. The fourth-order valence-corrected chi connectivity index (χ4v) is 7.27. The van der Waals surface area contributed by atoms with Crippen LogP contribution in [0.1, 0.15) is 76.4 Å². The summed E-state index contributed by atoms with van der Waals surface area (Å²) < 4.78 is 90.0. The first-order valence-corrected chi connectivity index (χ1v) is 21.7. The first-order chi connectivity index (χ1) is 34.6. The number of rotatable bonds is 5. The molecule has 0 heterocycles. The predicted octanol–water partition coefficient (Wildman–Crippen LogP) is 12.9. The van der Waals surface area contributed by atoms with E-state index >= 15 is 26.3 Å². The van der Waals surface area contributed by atoms with Crippen LogP contribution < -0.4 is 10.6 Å². The van der Waals surface area contributed by atoms with Gasteiger partial charge in [0, 0.05) is 55.6 Å². The number of carbonyl (C=O) groups excluding carboxylic acids is 2. The van der Waals surface area contributed by atoms with Gasteiger partial charge in [0.05, 0.1) is 11.4 Å². The molecule has 0 aliphatic rings. The summed E-state index contributed by atoms with van der Waals surface area (Å²) in [6.45, 7) is 0. The lowest BCUT2D eigenvalue weighted by molar-refractivity contribution is -0.140. The van der Waals surface area contributed by atoms with Gasteiger partial charge in [-0.05, 0) is 108 Å². The van der Waals surface area contributed by atoms with E-state index in [0.29, 0.717) is 56.6 Å². The van der Waals surface area contributed by atoms with Gasteiger partial charge >= 0.3 is 12.4 Å². The lowest BCUT2D eigenvalue weighted by atomic mass is 9.92. The molecule has 8 aromatic rings. The Morgan fingerprint density at radius 1 is 0.347 bits per heavy atom. The zero-order valence-electron chi connectivity index (χ0n) is 37.3. The van der Waals surface area contributed by atoms with Crippen LogP contribution in [0.3, 0.4) is 0 Å². The average molecular weight is 961 g/mol. The highest BCUT2D eigenvalue weighted by Gasteiger charge is 2.43. The molecule has 0 aliphatic carbocycles. The molecule has 0 fully saturated rings. The molecule has 0 spiro atoms. The number of amides is 2. The summed E-state index contributed by atoms with van der Waals surface area (Å²) in [6, 6.07) is 47.1. The molecular formula is C60H34F6N2O4. The van der Waals surface area contributed by atoms with Crippen molar-refractivity contribution in [3.05, 3.63) is 249 Å². The van der Waals surface area contributed by atoms with Crippen molar-refractivity contribution in [3.8, 4) is 70.0 Å². The molecule has 0 unspecified atom stereocenters. The standard InChI is InChI=1S/C60H34F6N2O4/c61-59(62,63)53-49(29-31-51(55(53)69)67-57(71)47-35-43(25-21-39-13-5-1-6-14-39)33-44(36-47)26-22-40-15-7-2-8-16-40)50-30-32-52(56(70)54(50)60(64,65)66)68-58(72)48-37-45(27-23-41-17-9-3-10-18-41)34-46(38-48)28-24-42-19-11-4-12-20-42/h1-20,29-38,69-70H,(H,67,71)(H,68,72). The van der Waals surface area contributed by atoms with Crippen LogP contribution in [-0.2, 0) is 12.4 Å². The summed E-state index contributed by atoms with van der Waals surface area (Å²) in [5.41, 5.74) is -4.21. The second kappa shape index (κ2) is 21.2. The number of phenolic OH excluding ortho intramolecular Hbond substituents is 2. The van der Waals surface area contributed by atoms with Gasteiger partial charge in [0.15, 0.2) is 11.5 Å². The largest absolute Gasteiger partial charge is 0.505 e. The lowest BCUT2D eigenvalue weighted by Crippen LogP contribution is -2.17. The van der Waals surface area contributed by atoms with Crippen LogP contribution >= 0.6 is 0 Å².